The summed E-state index contributed by atoms with van der Waals surface area (Å²) < 4.78 is 34.0. The first kappa shape index (κ1) is 49.8. The van der Waals surface area contributed by atoms with Crippen molar-refractivity contribution >= 4 is 29.8 Å². The second kappa shape index (κ2) is 16.6. The van der Waals surface area contributed by atoms with Crippen LogP contribution in [0, 0.1) is 0 Å². The molecule has 398 valence electrons. The molecule has 30 heteroatoms. The number of hydrogen-bond donors (Lipinski definition) is 19. The largest absolute Gasteiger partial charge is 0.504 e. The molecular weight excluding hydrogens is 1030 g/mol. The quantitative estimate of drug-likeness (QED) is 0.0553. The maximum atomic E-state index is 15.5. The molecule has 0 saturated carbocycles. The van der Waals surface area contributed by atoms with Gasteiger partial charge < -0.3 is 125 Å². The third-order valence-electron chi connectivity index (χ3n) is 13.6. The Balaban J connectivity index is 1.39. The fourth-order valence-corrected chi connectivity index (χ4v) is 9.99. The number of aliphatic hydroxyl groups excluding tert-OH is 3. The topological polar surface area (TPSA) is 525 Å². The van der Waals surface area contributed by atoms with Gasteiger partial charge in [0.15, 0.2) is 81.9 Å². The van der Waals surface area contributed by atoms with E-state index in [-0.39, 0.29) is 12.1 Å². The summed E-state index contributed by atoms with van der Waals surface area (Å²) in [5.41, 5.74) is -16.3. The number of cyclic esters (lactones) is 1. The third kappa shape index (κ3) is 6.61. The van der Waals surface area contributed by atoms with E-state index in [2.05, 4.69) is 0 Å². The molecule has 0 radical (unpaired) electrons. The van der Waals surface area contributed by atoms with Crippen molar-refractivity contribution < 1.29 is 149 Å². The van der Waals surface area contributed by atoms with E-state index < -0.39 is 250 Å². The minimum atomic E-state index is -3.72. The molecule has 0 amide bonds. The van der Waals surface area contributed by atoms with E-state index in [0.717, 1.165) is 0 Å². The van der Waals surface area contributed by atoms with Crippen molar-refractivity contribution in [3.63, 3.8) is 0 Å². The van der Waals surface area contributed by atoms with Crippen LogP contribution in [-0.4, -0.2) is 189 Å². The van der Waals surface area contributed by atoms with Crippen molar-refractivity contribution in [2.24, 2.45) is 0 Å². The first-order valence-electron chi connectivity index (χ1n) is 21.5. The van der Waals surface area contributed by atoms with Gasteiger partial charge in [-0.1, -0.05) is 0 Å². The molecular formula is C46H34O30. The van der Waals surface area contributed by atoms with Gasteiger partial charge in [-0.2, -0.15) is 0 Å². The second-order valence-electron chi connectivity index (χ2n) is 17.6. The number of phenols is 15. The molecule has 2 unspecified atom stereocenters. The lowest BCUT2D eigenvalue weighted by Gasteiger charge is -2.51. The molecule has 30 nitrogen and oxygen atoms in total. The van der Waals surface area contributed by atoms with Crippen LogP contribution in [-0.2, 0) is 28.4 Å². The SMILES string of the molecule is O=C1OC[C@@H]2OC(=O)c3cc(O)c(O)c(O)c3-c3c(O)c(O)c(O)c4c3C(=O)OC(C3OC(=O)c5c-4c(O)c(O)c(O)c5[C@@H]3[C@@]3(O)OC[C@H](O)[C@@H](O)[C@H]3O)[C@@H]2OC(=O)c2cc(O)c(O)c(O)c2-c2c1cc(O)c(O)c2O. The van der Waals surface area contributed by atoms with Gasteiger partial charge in [0.25, 0.3) is 0 Å². The molecule has 6 aliphatic heterocycles. The number of aliphatic hydroxyl groups is 4. The molecule has 1 saturated heterocycles. The molecule has 6 bridgehead atoms. The zero-order chi connectivity index (χ0) is 55.4. The van der Waals surface area contributed by atoms with Gasteiger partial charge in [-0.15, -0.1) is 0 Å². The summed E-state index contributed by atoms with van der Waals surface area (Å²) in [5.74, 6) is -40.7. The van der Waals surface area contributed by atoms with Crippen LogP contribution in [0.2, 0.25) is 0 Å². The summed E-state index contributed by atoms with van der Waals surface area (Å²) in [5, 5.41) is 214. The molecule has 0 aliphatic carbocycles. The molecule has 5 aromatic carbocycles. The highest BCUT2D eigenvalue weighted by atomic mass is 16.7. The lowest BCUT2D eigenvalue weighted by molar-refractivity contribution is -0.341. The number of ether oxygens (including phenoxy) is 6. The van der Waals surface area contributed by atoms with Crippen molar-refractivity contribution in [1.29, 1.82) is 0 Å². The molecule has 6 aliphatic rings. The van der Waals surface area contributed by atoms with E-state index in [1.54, 1.807) is 0 Å². The van der Waals surface area contributed by atoms with Crippen molar-refractivity contribution in [3.8, 4) is 120 Å². The average Bonchev–Trinajstić information content (AvgIpc) is 3.44. The van der Waals surface area contributed by atoms with E-state index in [1.807, 2.05) is 0 Å². The molecule has 76 heavy (non-hydrogen) atoms. The van der Waals surface area contributed by atoms with E-state index in [9.17, 15) is 111 Å². The Morgan fingerprint density at radius 3 is 1.32 bits per heavy atom. The Morgan fingerprint density at radius 1 is 0.395 bits per heavy atom. The number of carbonyl (C=O) groups excluding carboxylic acids is 5. The Hall–Kier alpha value is -9.75. The highest BCUT2D eigenvalue weighted by Crippen LogP contribution is 2.63. The summed E-state index contributed by atoms with van der Waals surface area (Å²) in [6.45, 7) is -2.84. The Bertz CT molecular complexity index is 3510. The van der Waals surface area contributed by atoms with Crippen molar-refractivity contribution in [2.75, 3.05) is 13.2 Å². The van der Waals surface area contributed by atoms with Crippen LogP contribution in [0.15, 0.2) is 18.2 Å². The fourth-order valence-electron chi connectivity index (χ4n) is 9.99. The number of hydrogen-bond acceptors (Lipinski definition) is 30. The van der Waals surface area contributed by atoms with Gasteiger partial charge in [0.2, 0.25) is 34.5 Å². The zero-order valence-electron chi connectivity index (χ0n) is 37.3. The zero-order valence-corrected chi connectivity index (χ0v) is 37.3. The highest BCUT2D eigenvalue weighted by molar-refractivity contribution is 6.16. The van der Waals surface area contributed by atoms with Gasteiger partial charge in [0.05, 0.1) is 40.3 Å². The number of benzene rings is 5. The number of phenolic OH excluding ortho intramolecular Hbond substituents is 15. The van der Waals surface area contributed by atoms with Crippen LogP contribution < -0.4 is 0 Å². The normalized spacial score (nSPS) is 25.7. The fraction of sp³-hybridized carbons (Fsp3) is 0.239. The van der Waals surface area contributed by atoms with E-state index >= 15 is 9.59 Å². The number of rotatable bonds is 1. The summed E-state index contributed by atoms with van der Waals surface area (Å²) in [6, 6.07) is 0.916. The average molecular weight is 1070 g/mol. The molecule has 1 fully saturated rings. The van der Waals surface area contributed by atoms with Crippen molar-refractivity contribution in [1.82, 2.24) is 0 Å². The molecule has 0 spiro atoms. The monoisotopic (exact) mass is 1070 g/mol. The Kier molecular flexibility index (Phi) is 10.9. The van der Waals surface area contributed by atoms with Crippen LogP contribution in [0.4, 0.5) is 0 Å². The second-order valence-corrected chi connectivity index (χ2v) is 17.6. The van der Waals surface area contributed by atoms with Gasteiger partial charge in [-0.25, -0.2) is 24.0 Å². The van der Waals surface area contributed by atoms with E-state index in [0.29, 0.717) is 6.07 Å². The first-order chi connectivity index (χ1) is 35.7. The van der Waals surface area contributed by atoms with Crippen LogP contribution >= 0.6 is 0 Å². The maximum absolute atomic E-state index is 15.5. The predicted octanol–water partition coefficient (Wildman–Crippen LogP) is -0.830. The molecule has 6 heterocycles. The molecule has 11 rings (SSSR count). The standard InChI is InChI=1S/C46H34O30/c47-9-1-6-14(28(55)24(9)51)15-7(2-10(48)25(52)29(15)56)43(67)74-37-13(5-71-41(6)65)73-42(66)8-3-11(49)26(53)30(57)16(8)17-20-18(32(59)35(62)31(17)58)19-21-22(34(61)36(63)33(19)60)23(38(75-45(21)69)39(37)76-44(20)68)46(70)40(64)27(54)12(50)4-72-46/h1-3,12-13,23,27,37-40,47-64,70H,4-5H2/t12-,13-,23-,27+,37+,38?,39?,40+,46+/m0/s1. The maximum Gasteiger partial charge on any atom is 0.340 e. The predicted molar refractivity (Wildman–Crippen MR) is 233 cm³/mol. The summed E-state index contributed by atoms with van der Waals surface area (Å²) in [4.78, 5) is 74.4. The molecule has 19 N–H and O–H groups in total. The van der Waals surface area contributed by atoms with Crippen molar-refractivity contribution in [2.45, 2.75) is 54.4 Å². The Morgan fingerprint density at radius 2 is 0.789 bits per heavy atom. The molecule has 5 aromatic rings. The number of aromatic hydroxyl groups is 15. The number of carbonyl (C=O) groups is 5. The summed E-state index contributed by atoms with van der Waals surface area (Å²) in [6.07, 6.45) is -19.3. The number of esters is 5. The van der Waals surface area contributed by atoms with Gasteiger partial charge in [-0.3, -0.25) is 0 Å². The van der Waals surface area contributed by atoms with Gasteiger partial charge in [-0.05, 0) is 18.2 Å². The van der Waals surface area contributed by atoms with Gasteiger partial charge >= 0.3 is 29.8 Å². The lowest BCUT2D eigenvalue weighted by atomic mass is 9.71. The van der Waals surface area contributed by atoms with Crippen LogP contribution in [0.3, 0.4) is 0 Å². The smallest absolute Gasteiger partial charge is 0.340 e. The lowest BCUT2D eigenvalue weighted by Crippen LogP contribution is -2.68. The van der Waals surface area contributed by atoms with Gasteiger partial charge in [0.1, 0.15) is 24.9 Å². The minimum absolute atomic E-state index is 0.271. The molecule has 9 atom stereocenters. The van der Waals surface area contributed by atoms with E-state index in [4.69, 9.17) is 28.4 Å². The van der Waals surface area contributed by atoms with Crippen LogP contribution in [0.5, 0.6) is 86.2 Å². The minimum Gasteiger partial charge on any atom is -0.504 e. The van der Waals surface area contributed by atoms with Gasteiger partial charge in [0, 0.05) is 38.9 Å². The first-order valence-corrected chi connectivity index (χ1v) is 21.5. The van der Waals surface area contributed by atoms with Crippen LogP contribution in [0.25, 0.3) is 33.4 Å². The highest BCUT2D eigenvalue weighted by Gasteiger charge is 2.65. The third-order valence-corrected chi connectivity index (χ3v) is 13.6. The summed E-state index contributed by atoms with van der Waals surface area (Å²) in [7, 11) is 0. The van der Waals surface area contributed by atoms with Crippen molar-refractivity contribution in [3.05, 3.63) is 51.6 Å². The molecule has 0 aromatic heterocycles. The number of fused-ring (bicyclic) bond motifs is 7. The van der Waals surface area contributed by atoms with E-state index in [1.165, 1.54) is 0 Å². The van der Waals surface area contributed by atoms with Crippen LogP contribution in [0.1, 0.15) is 63.3 Å². The summed E-state index contributed by atoms with van der Waals surface area (Å²) >= 11 is 0. The Labute approximate surface area is 417 Å².